The number of benzene rings is 2. The summed E-state index contributed by atoms with van der Waals surface area (Å²) >= 11 is 0. The Kier molecular flexibility index (Phi) is 4.16. The first kappa shape index (κ1) is 16.0. The van der Waals surface area contributed by atoms with Crippen molar-refractivity contribution >= 4 is 10.0 Å². The number of nitrogens with one attached hydrogen (secondary N) is 1. The van der Waals surface area contributed by atoms with Crippen molar-refractivity contribution in [2.45, 2.75) is 30.2 Å². The molecule has 1 atom stereocenters. The summed E-state index contributed by atoms with van der Waals surface area (Å²) in [6.45, 7) is 0. The van der Waals surface area contributed by atoms with Crippen molar-refractivity contribution in [1.29, 1.82) is 0 Å². The molecule has 2 aromatic carbocycles. The molecule has 0 saturated heterocycles. The number of rotatable bonds is 3. The molecule has 2 aromatic rings. The topological polar surface area (TPSA) is 46.2 Å². The average molecular weight is 341 g/mol. The molecule has 3 nitrogen and oxygen atoms in total. The molecule has 122 valence electrons. The fourth-order valence-corrected chi connectivity index (χ4v) is 4.16. The van der Waals surface area contributed by atoms with Gasteiger partial charge in [-0.25, -0.2) is 26.3 Å². The van der Waals surface area contributed by atoms with E-state index in [1.807, 2.05) is 18.2 Å². The smallest absolute Gasteiger partial charge is 0.207 e. The van der Waals surface area contributed by atoms with Crippen LogP contribution in [-0.2, 0) is 16.4 Å². The van der Waals surface area contributed by atoms with Crippen molar-refractivity contribution < 1.29 is 21.6 Å². The van der Waals surface area contributed by atoms with Crippen molar-refractivity contribution in [3.8, 4) is 0 Å². The first-order valence-corrected chi connectivity index (χ1v) is 8.62. The minimum absolute atomic E-state index is 0.516. The Morgan fingerprint density at radius 3 is 2.52 bits per heavy atom. The van der Waals surface area contributed by atoms with E-state index in [9.17, 15) is 21.6 Å². The van der Waals surface area contributed by atoms with Gasteiger partial charge >= 0.3 is 0 Å². The highest BCUT2D eigenvalue weighted by Gasteiger charge is 2.29. The number of hydrogen-bond donors (Lipinski definition) is 1. The molecule has 0 fully saturated rings. The summed E-state index contributed by atoms with van der Waals surface area (Å²) in [5.41, 5.74) is 1.85. The van der Waals surface area contributed by atoms with Gasteiger partial charge in [-0.15, -0.1) is 0 Å². The Hall–Kier alpha value is -1.86. The molecule has 0 spiro atoms. The van der Waals surface area contributed by atoms with Crippen LogP contribution < -0.4 is 4.72 Å². The summed E-state index contributed by atoms with van der Waals surface area (Å²) in [6, 6.07) is 8.19. The predicted molar refractivity (Wildman–Crippen MR) is 78.8 cm³/mol. The van der Waals surface area contributed by atoms with Gasteiger partial charge in [-0.3, -0.25) is 0 Å². The van der Waals surface area contributed by atoms with E-state index in [1.165, 1.54) is 0 Å². The van der Waals surface area contributed by atoms with Crippen LogP contribution in [0.5, 0.6) is 0 Å². The van der Waals surface area contributed by atoms with Gasteiger partial charge in [-0.05, 0) is 42.5 Å². The zero-order chi connectivity index (χ0) is 16.6. The lowest BCUT2D eigenvalue weighted by atomic mass is 9.88. The van der Waals surface area contributed by atoms with Crippen molar-refractivity contribution in [3.05, 3.63) is 65.0 Å². The molecule has 0 aromatic heterocycles. The van der Waals surface area contributed by atoms with E-state index in [-0.39, 0.29) is 0 Å². The van der Waals surface area contributed by atoms with Crippen LogP contribution in [0.4, 0.5) is 13.2 Å². The van der Waals surface area contributed by atoms with Crippen LogP contribution in [-0.4, -0.2) is 8.42 Å². The normalized spacial score (nSPS) is 17.8. The third kappa shape index (κ3) is 2.98. The highest BCUT2D eigenvalue weighted by Crippen LogP contribution is 2.31. The number of sulfonamides is 1. The maximum atomic E-state index is 13.8. The molecule has 0 amide bonds. The maximum Gasteiger partial charge on any atom is 0.244 e. The standard InChI is InChI=1S/C16H14F3NO2S/c17-12-8-9-14(16(19)15(12)18)23(21,22)20-13-7-3-5-10-4-1-2-6-11(10)13/h1-2,4,6,8-9,13,20H,3,5,7H2/t13-/m1/s1. The summed E-state index contributed by atoms with van der Waals surface area (Å²) < 4.78 is 67.2. The molecule has 0 saturated carbocycles. The Labute approximate surface area is 132 Å². The lowest BCUT2D eigenvalue weighted by molar-refractivity contribution is 0.430. The first-order chi connectivity index (χ1) is 10.9. The highest BCUT2D eigenvalue weighted by molar-refractivity contribution is 7.89. The van der Waals surface area contributed by atoms with Gasteiger partial charge in [0.05, 0.1) is 0 Å². The monoisotopic (exact) mass is 341 g/mol. The fourth-order valence-electron chi connectivity index (χ4n) is 2.84. The van der Waals surface area contributed by atoms with E-state index in [2.05, 4.69) is 4.72 Å². The Balaban J connectivity index is 1.96. The molecule has 7 heteroatoms. The van der Waals surface area contributed by atoms with Gasteiger partial charge in [0.2, 0.25) is 10.0 Å². The molecule has 0 unspecified atom stereocenters. The second-order valence-corrected chi connectivity index (χ2v) is 7.12. The number of aryl methyl sites for hydroxylation is 1. The summed E-state index contributed by atoms with van der Waals surface area (Å²) in [5.74, 6) is -4.93. The molecule has 0 heterocycles. The van der Waals surface area contributed by atoms with E-state index >= 15 is 0 Å². The largest absolute Gasteiger partial charge is 0.244 e. The molecule has 0 radical (unpaired) electrons. The number of hydrogen-bond acceptors (Lipinski definition) is 2. The van der Waals surface area contributed by atoms with Crippen molar-refractivity contribution in [3.63, 3.8) is 0 Å². The van der Waals surface area contributed by atoms with Crippen LogP contribution in [0.15, 0.2) is 41.3 Å². The molecule has 1 aliphatic rings. The second-order valence-electron chi connectivity index (χ2n) is 5.44. The number of fused-ring (bicyclic) bond motifs is 1. The fraction of sp³-hybridized carbons (Fsp3) is 0.250. The SMILES string of the molecule is O=S(=O)(N[C@@H]1CCCc2ccccc21)c1ccc(F)c(F)c1F. The van der Waals surface area contributed by atoms with Crippen LogP contribution in [0.2, 0.25) is 0 Å². The highest BCUT2D eigenvalue weighted by atomic mass is 32.2. The molecule has 0 bridgehead atoms. The summed E-state index contributed by atoms with van der Waals surface area (Å²) in [5, 5.41) is 0. The Morgan fingerprint density at radius 1 is 1.00 bits per heavy atom. The predicted octanol–water partition coefficient (Wildman–Crippen LogP) is 3.46. The van der Waals surface area contributed by atoms with Gasteiger partial charge in [0.15, 0.2) is 17.5 Å². The van der Waals surface area contributed by atoms with Crippen molar-refractivity contribution in [1.82, 2.24) is 4.72 Å². The lowest BCUT2D eigenvalue weighted by Gasteiger charge is -2.26. The summed E-state index contributed by atoms with van der Waals surface area (Å²) in [4.78, 5) is -0.889. The average Bonchev–Trinajstić information content (AvgIpc) is 2.52. The van der Waals surface area contributed by atoms with E-state index < -0.39 is 38.4 Å². The maximum absolute atomic E-state index is 13.8. The van der Waals surface area contributed by atoms with Crippen LogP contribution in [0.25, 0.3) is 0 Å². The van der Waals surface area contributed by atoms with Crippen LogP contribution in [0, 0.1) is 17.5 Å². The first-order valence-electron chi connectivity index (χ1n) is 7.14. The molecule has 23 heavy (non-hydrogen) atoms. The second kappa shape index (κ2) is 5.98. The number of halogens is 3. The van der Waals surface area contributed by atoms with E-state index in [1.54, 1.807) is 6.07 Å². The quantitative estimate of drug-likeness (QED) is 0.869. The van der Waals surface area contributed by atoms with Crippen LogP contribution >= 0.6 is 0 Å². The van der Waals surface area contributed by atoms with Gasteiger partial charge in [-0.2, -0.15) is 0 Å². The molecule has 1 N–H and O–H groups in total. The molecular weight excluding hydrogens is 327 g/mol. The van der Waals surface area contributed by atoms with E-state index in [0.717, 1.165) is 30.0 Å². The van der Waals surface area contributed by atoms with Gasteiger partial charge in [0, 0.05) is 6.04 Å². The third-order valence-corrected chi connectivity index (χ3v) is 5.45. The summed E-state index contributed by atoms with van der Waals surface area (Å²) in [7, 11) is -4.30. The molecule has 3 rings (SSSR count). The van der Waals surface area contributed by atoms with E-state index in [0.29, 0.717) is 12.5 Å². The zero-order valence-corrected chi connectivity index (χ0v) is 12.8. The third-order valence-electron chi connectivity index (χ3n) is 3.96. The van der Waals surface area contributed by atoms with Crippen molar-refractivity contribution in [2.24, 2.45) is 0 Å². The van der Waals surface area contributed by atoms with Gasteiger partial charge in [0.25, 0.3) is 0 Å². The van der Waals surface area contributed by atoms with Gasteiger partial charge in [-0.1, -0.05) is 24.3 Å². The lowest BCUT2D eigenvalue weighted by Crippen LogP contribution is -2.31. The Morgan fingerprint density at radius 2 is 1.74 bits per heavy atom. The minimum atomic E-state index is -4.30. The summed E-state index contributed by atoms with van der Waals surface area (Å²) in [6.07, 6.45) is 2.18. The van der Waals surface area contributed by atoms with Crippen molar-refractivity contribution in [2.75, 3.05) is 0 Å². The minimum Gasteiger partial charge on any atom is -0.207 e. The van der Waals surface area contributed by atoms with Gasteiger partial charge in [0.1, 0.15) is 4.90 Å². The molecule has 1 aliphatic carbocycles. The van der Waals surface area contributed by atoms with Gasteiger partial charge < -0.3 is 0 Å². The van der Waals surface area contributed by atoms with Crippen LogP contribution in [0.3, 0.4) is 0 Å². The van der Waals surface area contributed by atoms with Crippen LogP contribution in [0.1, 0.15) is 30.0 Å². The molecule has 0 aliphatic heterocycles. The molecular formula is C16H14F3NO2S. The zero-order valence-electron chi connectivity index (χ0n) is 12.0. The Bertz CT molecular complexity index is 852. The van der Waals surface area contributed by atoms with E-state index in [4.69, 9.17) is 0 Å².